The zero-order valence-electron chi connectivity index (χ0n) is 26.0. The average Bonchev–Trinajstić information content (AvgIpc) is 3.31. The lowest BCUT2D eigenvalue weighted by molar-refractivity contribution is -0.138. The second-order valence-electron chi connectivity index (χ2n) is 12.7. The van der Waals surface area contributed by atoms with Gasteiger partial charge in [-0.15, -0.1) is 0 Å². The molecule has 0 fully saturated rings. The van der Waals surface area contributed by atoms with Crippen molar-refractivity contribution in [2.75, 3.05) is 12.3 Å². The van der Waals surface area contributed by atoms with Gasteiger partial charge < -0.3 is 30.4 Å². The van der Waals surface area contributed by atoms with Gasteiger partial charge in [0.1, 0.15) is 23.1 Å². The molecule has 0 spiro atoms. The molecule has 238 valence electrons. The molecule has 0 radical (unpaired) electrons. The molecule has 0 aliphatic carbocycles. The van der Waals surface area contributed by atoms with E-state index in [1.807, 2.05) is 18.2 Å². The zero-order chi connectivity index (χ0) is 32.8. The van der Waals surface area contributed by atoms with E-state index in [1.165, 1.54) is 12.1 Å². The van der Waals surface area contributed by atoms with Gasteiger partial charge in [-0.2, -0.15) is 0 Å². The molecule has 2 aromatic carbocycles. The normalized spacial score (nSPS) is 14.2. The summed E-state index contributed by atoms with van der Waals surface area (Å²) in [6.07, 6.45) is 0.949. The van der Waals surface area contributed by atoms with E-state index >= 15 is 0 Å². The number of hydrogen-bond acceptors (Lipinski definition) is 6. The van der Waals surface area contributed by atoms with Crippen molar-refractivity contribution < 1.29 is 23.5 Å². The minimum Gasteiger partial charge on any atom is -0.482 e. The molecular weight excluding hydrogens is 620 g/mol. The van der Waals surface area contributed by atoms with E-state index < -0.39 is 29.2 Å². The largest absolute Gasteiger partial charge is 0.482 e. The second-order valence-corrected chi connectivity index (χ2v) is 13.5. The Morgan fingerprint density at radius 1 is 1.11 bits per heavy atom. The Labute approximate surface area is 271 Å². The van der Waals surface area contributed by atoms with E-state index in [-0.39, 0.29) is 21.8 Å². The van der Waals surface area contributed by atoms with Gasteiger partial charge in [0.25, 0.3) is 0 Å². The molecule has 5 rings (SSSR count). The number of nitrogens with zero attached hydrogens (tertiary/aromatic N) is 2. The number of amides is 2. The van der Waals surface area contributed by atoms with E-state index in [1.54, 1.807) is 58.7 Å². The summed E-state index contributed by atoms with van der Waals surface area (Å²) in [7, 11) is 0. The van der Waals surface area contributed by atoms with Gasteiger partial charge in [0.2, 0.25) is 5.91 Å². The third-order valence-corrected chi connectivity index (χ3v) is 8.33. The molecule has 0 saturated carbocycles. The van der Waals surface area contributed by atoms with Gasteiger partial charge in [-0.3, -0.25) is 4.79 Å². The summed E-state index contributed by atoms with van der Waals surface area (Å²) in [4.78, 5) is 35.5. The number of rotatable bonds is 6. The number of fused-ring (bicyclic) bond motifs is 3. The summed E-state index contributed by atoms with van der Waals surface area (Å²) in [5, 5.41) is 3.88. The number of nitrogen functional groups attached to an aromatic ring is 1. The molecule has 1 aliphatic heterocycles. The van der Waals surface area contributed by atoms with Crippen LogP contribution in [-0.2, 0) is 22.5 Å². The number of H-pyrrole nitrogens is 1. The van der Waals surface area contributed by atoms with Gasteiger partial charge in [-0.25, -0.2) is 14.2 Å². The molecule has 4 N–H and O–H groups in total. The van der Waals surface area contributed by atoms with Crippen LogP contribution in [0.4, 0.5) is 15.0 Å². The highest BCUT2D eigenvalue weighted by Gasteiger charge is 2.37. The molecular formula is C33H36Cl2FN5O4. The van der Waals surface area contributed by atoms with E-state index in [4.69, 9.17) is 38.4 Å². The first-order chi connectivity index (χ1) is 21.0. The van der Waals surface area contributed by atoms with Crippen molar-refractivity contribution in [3.63, 3.8) is 0 Å². The highest BCUT2D eigenvalue weighted by Crippen LogP contribution is 2.38. The first kappa shape index (κ1) is 32.4. The summed E-state index contributed by atoms with van der Waals surface area (Å²) in [5.74, 6) is -0.319. The van der Waals surface area contributed by atoms with Crippen molar-refractivity contribution >= 4 is 51.9 Å². The number of benzene rings is 2. The number of nitrogens with one attached hydrogen (secondary N) is 2. The fourth-order valence-electron chi connectivity index (χ4n) is 5.45. The van der Waals surface area contributed by atoms with Gasteiger partial charge in [0.05, 0.1) is 5.02 Å². The maximum absolute atomic E-state index is 14.1. The summed E-state index contributed by atoms with van der Waals surface area (Å²) < 4.78 is 25.5. The summed E-state index contributed by atoms with van der Waals surface area (Å²) in [5.41, 5.74) is 9.24. The highest BCUT2D eigenvalue weighted by atomic mass is 35.5. The SMILES string of the molecule is C[C@@H](Oc1cc(-c2ccc3c4c([nH]c3c2)CCN(C(=O)C(C)(C)NC(=O)OC(C)(C)C)C4)cnc1N)c1c(Cl)ccc(F)c1Cl. The summed E-state index contributed by atoms with van der Waals surface area (Å²) >= 11 is 12.5. The Morgan fingerprint density at radius 3 is 2.56 bits per heavy atom. The molecule has 2 amide bonds. The number of anilines is 1. The average molecular weight is 657 g/mol. The number of nitrogens with two attached hydrogens (primary N) is 1. The molecule has 1 atom stereocenters. The van der Waals surface area contributed by atoms with Crippen LogP contribution in [-0.4, -0.2) is 44.6 Å². The number of halogens is 3. The van der Waals surface area contributed by atoms with Crippen molar-refractivity contribution in [2.24, 2.45) is 0 Å². The van der Waals surface area contributed by atoms with E-state index in [9.17, 15) is 14.0 Å². The van der Waals surface area contributed by atoms with Gasteiger partial charge in [0.15, 0.2) is 11.6 Å². The van der Waals surface area contributed by atoms with Gasteiger partial charge in [-0.05, 0) is 71.4 Å². The van der Waals surface area contributed by atoms with E-state index in [0.717, 1.165) is 33.3 Å². The maximum atomic E-state index is 14.1. The van der Waals surface area contributed by atoms with Gasteiger partial charge in [0, 0.05) is 64.0 Å². The Hall–Kier alpha value is -4.02. The van der Waals surface area contributed by atoms with Crippen LogP contribution in [0.25, 0.3) is 22.0 Å². The second kappa shape index (κ2) is 12.1. The Balaban J connectivity index is 1.36. The number of ether oxygens (including phenoxy) is 2. The number of pyridine rings is 1. The molecule has 0 unspecified atom stereocenters. The predicted molar refractivity (Wildman–Crippen MR) is 174 cm³/mol. The molecule has 0 bridgehead atoms. The first-order valence-corrected chi connectivity index (χ1v) is 15.3. The van der Waals surface area contributed by atoms with Crippen molar-refractivity contribution in [1.82, 2.24) is 20.2 Å². The van der Waals surface area contributed by atoms with Crippen LogP contribution in [0.5, 0.6) is 5.75 Å². The summed E-state index contributed by atoms with van der Waals surface area (Å²) in [6.45, 7) is 11.3. The fourth-order valence-corrected chi connectivity index (χ4v) is 6.13. The lowest BCUT2D eigenvalue weighted by atomic mass is 9.98. The number of hydrogen-bond donors (Lipinski definition) is 3. The number of aromatic nitrogens is 2. The van der Waals surface area contributed by atoms with Gasteiger partial charge in [-0.1, -0.05) is 35.3 Å². The molecule has 3 heterocycles. The molecule has 45 heavy (non-hydrogen) atoms. The molecule has 2 aromatic heterocycles. The van der Waals surface area contributed by atoms with E-state index in [2.05, 4.69) is 15.3 Å². The smallest absolute Gasteiger partial charge is 0.408 e. The van der Waals surface area contributed by atoms with Crippen LogP contribution < -0.4 is 15.8 Å². The van der Waals surface area contributed by atoms with Crippen LogP contribution in [0.2, 0.25) is 10.0 Å². The third kappa shape index (κ3) is 6.82. The lowest BCUT2D eigenvalue weighted by Gasteiger charge is -2.35. The van der Waals surface area contributed by atoms with Crippen molar-refractivity contribution in [3.8, 4) is 16.9 Å². The number of carbonyl (C=O) groups excluding carboxylic acids is 2. The fraction of sp³-hybridized carbons (Fsp3) is 0.364. The van der Waals surface area contributed by atoms with Crippen molar-refractivity contribution in [1.29, 1.82) is 0 Å². The lowest BCUT2D eigenvalue weighted by Crippen LogP contribution is -2.57. The quantitative estimate of drug-likeness (QED) is 0.184. The minimum absolute atomic E-state index is 0.109. The van der Waals surface area contributed by atoms with Crippen molar-refractivity contribution in [2.45, 2.75) is 71.8 Å². The minimum atomic E-state index is -1.15. The molecule has 1 aliphatic rings. The first-order valence-electron chi connectivity index (χ1n) is 14.5. The van der Waals surface area contributed by atoms with Crippen LogP contribution in [0.15, 0.2) is 42.6 Å². The van der Waals surface area contributed by atoms with Crippen molar-refractivity contribution in [3.05, 3.63) is 75.3 Å². The van der Waals surface area contributed by atoms with Gasteiger partial charge >= 0.3 is 6.09 Å². The number of carbonyl (C=O) groups is 2. The highest BCUT2D eigenvalue weighted by molar-refractivity contribution is 6.36. The van der Waals surface area contributed by atoms with Crippen LogP contribution in [0.1, 0.15) is 64.5 Å². The third-order valence-electron chi connectivity index (χ3n) is 7.62. The molecule has 12 heteroatoms. The Kier molecular flexibility index (Phi) is 8.67. The zero-order valence-corrected chi connectivity index (χ0v) is 27.5. The van der Waals surface area contributed by atoms with Crippen LogP contribution in [0.3, 0.4) is 0 Å². The predicted octanol–water partition coefficient (Wildman–Crippen LogP) is 7.59. The van der Waals surface area contributed by atoms with Crippen LogP contribution >= 0.6 is 23.2 Å². The molecule has 0 saturated heterocycles. The maximum Gasteiger partial charge on any atom is 0.408 e. The topological polar surface area (TPSA) is 123 Å². The standard InChI is InChI=1S/C33H36Cl2FN5O4/c1-17(27-22(34)9-10-23(36)28(27)35)44-26-14-19(15-38-29(26)37)18-7-8-20-21-16-41(12-11-24(21)39-25(20)13-18)30(42)33(5,6)40-31(43)45-32(2,3)4/h7-10,13-15,17,39H,11-12,16H2,1-6H3,(H2,37,38)(H,40,43)/t17-/m1/s1. The summed E-state index contributed by atoms with van der Waals surface area (Å²) in [6, 6.07) is 10.4. The van der Waals surface area contributed by atoms with Crippen LogP contribution in [0, 0.1) is 5.82 Å². The monoisotopic (exact) mass is 655 g/mol. The Morgan fingerprint density at radius 2 is 1.84 bits per heavy atom. The Bertz CT molecular complexity index is 1800. The van der Waals surface area contributed by atoms with E-state index in [0.29, 0.717) is 30.8 Å². The molecule has 4 aromatic rings. The number of alkyl carbamates (subject to hydrolysis) is 1. The molecule has 9 nitrogen and oxygen atoms in total. The number of aromatic amines is 1.